The van der Waals surface area contributed by atoms with Crippen LogP contribution in [0.5, 0.6) is 5.75 Å². The van der Waals surface area contributed by atoms with Crippen molar-refractivity contribution in [3.8, 4) is 5.75 Å². The van der Waals surface area contributed by atoms with E-state index < -0.39 is 0 Å². The van der Waals surface area contributed by atoms with Crippen LogP contribution >= 0.6 is 0 Å². The van der Waals surface area contributed by atoms with E-state index in [9.17, 15) is 4.79 Å². The van der Waals surface area contributed by atoms with Gasteiger partial charge in [0.05, 0.1) is 7.11 Å². The van der Waals surface area contributed by atoms with Gasteiger partial charge in [-0.15, -0.1) is 0 Å². The summed E-state index contributed by atoms with van der Waals surface area (Å²) in [5.41, 5.74) is 4.64. The number of hydrogen-bond acceptors (Lipinski definition) is 3. The summed E-state index contributed by atoms with van der Waals surface area (Å²) < 4.78 is 5.45. The molecule has 0 bridgehead atoms. The lowest BCUT2D eigenvalue weighted by atomic mass is 10.0. The molecule has 0 saturated carbocycles. The third-order valence-electron chi connectivity index (χ3n) is 5.78. The van der Waals surface area contributed by atoms with Crippen molar-refractivity contribution in [3.63, 3.8) is 0 Å². The van der Waals surface area contributed by atoms with Gasteiger partial charge in [0, 0.05) is 38.4 Å². The number of para-hydroxylation sites is 2. The largest absolute Gasteiger partial charge is 0.496 e. The maximum atomic E-state index is 12.9. The van der Waals surface area contributed by atoms with Crippen LogP contribution in [0, 0.1) is 0 Å². The zero-order valence-electron chi connectivity index (χ0n) is 17.9. The fraction of sp³-hybridized carbons (Fsp3) is 0.458. The fourth-order valence-corrected chi connectivity index (χ4v) is 3.95. The van der Waals surface area contributed by atoms with E-state index >= 15 is 0 Å². The number of methoxy groups -OCH3 is 1. The molecule has 2 aromatic rings. The average Bonchev–Trinajstić information content (AvgIpc) is 2.78. The Bertz CT molecular complexity index is 791. The first-order valence-electron chi connectivity index (χ1n) is 10.7. The SMILES string of the molecule is CCc1cccc(CC)c1NC(=O)N1CCN(CCc2ccccc2OC)CC1. The number of piperazine rings is 1. The normalized spacial score (nSPS) is 14.7. The highest BCUT2D eigenvalue weighted by molar-refractivity contribution is 5.91. The van der Waals surface area contributed by atoms with E-state index in [2.05, 4.69) is 54.4 Å². The van der Waals surface area contributed by atoms with Crippen molar-refractivity contribution >= 4 is 11.7 Å². The first kappa shape index (κ1) is 21.2. The van der Waals surface area contributed by atoms with Crippen LogP contribution in [0.1, 0.15) is 30.5 Å². The van der Waals surface area contributed by atoms with Crippen LogP contribution in [-0.2, 0) is 19.3 Å². The summed E-state index contributed by atoms with van der Waals surface area (Å²) in [7, 11) is 1.72. The van der Waals surface area contributed by atoms with Gasteiger partial charge in [-0.3, -0.25) is 4.90 Å². The van der Waals surface area contributed by atoms with Crippen LogP contribution in [0.4, 0.5) is 10.5 Å². The van der Waals surface area contributed by atoms with Gasteiger partial charge < -0.3 is 15.0 Å². The van der Waals surface area contributed by atoms with E-state index in [1.807, 2.05) is 17.0 Å². The van der Waals surface area contributed by atoms with Gasteiger partial charge in [0.25, 0.3) is 0 Å². The fourth-order valence-electron chi connectivity index (χ4n) is 3.95. The highest BCUT2D eigenvalue weighted by atomic mass is 16.5. The number of ether oxygens (including phenoxy) is 1. The Morgan fingerprint density at radius 3 is 2.17 bits per heavy atom. The molecule has 1 fully saturated rings. The lowest BCUT2D eigenvalue weighted by Gasteiger charge is -2.35. The Balaban J connectivity index is 1.52. The second-order valence-corrected chi connectivity index (χ2v) is 7.48. The molecule has 1 aliphatic heterocycles. The predicted octanol–water partition coefficient (Wildman–Crippen LogP) is 4.21. The van der Waals surface area contributed by atoms with Crippen molar-refractivity contribution in [1.29, 1.82) is 0 Å². The number of nitrogens with one attached hydrogen (secondary N) is 1. The minimum atomic E-state index is 0.0185. The molecule has 0 unspecified atom stereocenters. The molecule has 0 aliphatic carbocycles. The van der Waals surface area contributed by atoms with Gasteiger partial charge in [-0.2, -0.15) is 0 Å². The first-order valence-corrected chi connectivity index (χ1v) is 10.7. The predicted molar refractivity (Wildman–Crippen MR) is 119 cm³/mol. The summed E-state index contributed by atoms with van der Waals surface area (Å²) in [5, 5.41) is 3.19. The van der Waals surface area contributed by atoms with Crippen LogP contribution in [0.2, 0.25) is 0 Å². The number of urea groups is 1. The van der Waals surface area contributed by atoms with Crippen LogP contribution < -0.4 is 10.1 Å². The maximum absolute atomic E-state index is 12.9. The minimum Gasteiger partial charge on any atom is -0.496 e. The number of carbonyl (C=O) groups is 1. The highest BCUT2D eigenvalue weighted by Gasteiger charge is 2.22. The van der Waals surface area contributed by atoms with Gasteiger partial charge in [0.2, 0.25) is 0 Å². The summed E-state index contributed by atoms with van der Waals surface area (Å²) in [6.45, 7) is 8.56. The van der Waals surface area contributed by atoms with Crippen molar-refractivity contribution in [2.75, 3.05) is 45.2 Å². The number of rotatable bonds is 7. The summed E-state index contributed by atoms with van der Waals surface area (Å²) in [6.07, 6.45) is 2.79. The third kappa shape index (κ3) is 5.30. The molecule has 0 spiro atoms. The zero-order chi connectivity index (χ0) is 20.6. The molecule has 156 valence electrons. The molecule has 1 aliphatic rings. The molecule has 1 N–H and O–H groups in total. The Morgan fingerprint density at radius 2 is 1.55 bits per heavy atom. The number of anilines is 1. The van der Waals surface area contributed by atoms with Gasteiger partial charge in [0.15, 0.2) is 0 Å². The van der Waals surface area contributed by atoms with Crippen LogP contribution in [0.3, 0.4) is 0 Å². The van der Waals surface area contributed by atoms with E-state index in [4.69, 9.17) is 4.74 Å². The zero-order valence-corrected chi connectivity index (χ0v) is 17.9. The van der Waals surface area contributed by atoms with Crippen LogP contribution in [-0.4, -0.2) is 55.7 Å². The molecule has 3 rings (SSSR count). The monoisotopic (exact) mass is 395 g/mol. The molecular formula is C24H33N3O2. The summed E-state index contributed by atoms with van der Waals surface area (Å²) >= 11 is 0. The molecule has 0 atom stereocenters. The second-order valence-electron chi connectivity index (χ2n) is 7.48. The Labute approximate surface area is 174 Å². The molecule has 0 aromatic heterocycles. The second kappa shape index (κ2) is 10.3. The maximum Gasteiger partial charge on any atom is 0.321 e. The number of amides is 2. The van der Waals surface area contributed by atoms with Crippen molar-refractivity contribution < 1.29 is 9.53 Å². The molecular weight excluding hydrogens is 362 g/mol. The number of benzene rings is 2. The smallest absolute Gasteiger partial charge is 0.321 e. The van der Waals surface area contributed by atoms with E-state index in [0.717, 1.165) is 63.4 Å². The number of carbonyl (C=O) groups excluding carboxylic acids is 1. The topological polar surface area (TPSA) is 44.8 Å². The van der Waals surface area contributed by atoms with Gasteiger partial charge in [-0.1, -0.05) is 50.2 Å². The van der Waals surface area contributed by atoms with Crippen LogP contribution in [0.25, 0.3) is 0 Å². The van der Waals surface area contributed by atoms with Gasteiger partial charge in [-0.25, -0.2) is 4.79 Å². The number of hydrogen-bond donors (Lipinski definition) is 1. The molecule has 29 heavy (non-hydrogen) atoms. The standard InChI is InChI=1S/C24H33N3O2/c1-4-19-10-8-11-20(5-2)23(19)25-24(28)27-17-15-26(16-18-27)14-13-21-9-6-7-12-22(21)29-3/h6-12H,4-5,13-18H2,1-3H3,(H,25,28). The van der Waals surface area contributed by atoms with Crippen LogP contribution in [0.15, 0.2) is 42.5 Å². The van der Waals surface area contributed by atoms with Crippen molar-refractivity contribution in [3.05, 3.63) is 59.2 Å². The summed E-state index contributed by atoms with van der Waals surface area (Å²) in [5.74, 6) is 0.951. The van der Waals surface area contributed by atoms with E-state index in [1.54, 1.807) is 7.11 Å². The highest BCUT2D eigenvalue weighted by Crippen LogP contribution is 2.23. The molecule has 2 amide bonds. The quantitative estimate of drug-likeness (QED) is 0.764. The van der Waals surface area contributed by atoms with E-state index in [1.165, 1.54) is 16.7 Å². The van der Waals surface area contributed by atoms with Crippen molar-refractivity contribution in [1.82, 2.24) is 9.80 Å². The lowest BCUT2D eigenvalue weighted by molar-refractivity contribution is 0.148. The Kier molecular flexibility index (Phi) is 7.53. The lowest BCUT2D eigenvalue weighted by Crippen LogP contribution is -2.50. The van der Waals surface area contributed by atoms with Crippen molar-refractivity contribution in [2.24, 2.45) is 0 Å². The molecule has 5 heteroatoms. The summed E-state index contributed by atoms with van der Waals surface area (Å²) in [4.78, 5) is 17.2. The van der Waals surface area contributed by atoms with Gasteiger partial charge in [-0.05, 0) is 42.0 Å². The minimum absolute atomic E-state index is 0.0185. The molecule has 2 aromatic carbocycles. The van der Waals surface area contributed by atoms with Crippen molar-refractivity contribution in [2.45, 2.75) is 33.1 Å². The molecule has 1 saturated heterocycles. The summed E-state index contributed by atoms with van der Waals surface area (Å²) in [6, 6.07) is 14.5. The van der Waals surface area contributed by atoms with Gasteiger partial charge >= 0.3 is 6.03 Å². The molecule has 5 nitrogen and oxygen atoms in total. The average molecular weight is 396 g/mol. The van der Waals surface area contributed by atoms with Gasteiger partial charge in [0.1, 0.15) is 5.75 Å². The third-order valence-corrected chi connectivity index (χ3v) is 5.78. The number of nitrogens with zero attached hydrogens (tertiary/aromatic N) is 2. The molecule has 0 radical (unpaired) electrons. The molecule has 1 heterocycles. The first-order chi connectivity index (χ1) is 14.2. The Morgan fingerprint density at radius 1 is 0.931 bits per heavy atom. The van der Waals surface area contributed by atoms with E-state index in [-0.39, 0.29) is 6.03 Å². The Hall–Kier alpha value is -2.53. The number of aryl methyl sites for hydroxylation is 2. The van der Waals surface area contributed by atoms with E-state index in [0.29, 0.717) is 0 Å².